The maximum Gasteiger partial charge on any atom is 0.257 e. The molecule has 4 aliphatic rings. The Hall–Kier alpha value is -7.84. The van der Waals surface area contributed by atoms with Gasteiger partial charge < -0.3 is 51.5 Å². The molecule has 71 heavy (non-hydrogen) atoms. The van der Waals surface area contributed by atoms with E-state index in [1.807, 2.05) is 0 Å². The van der Waals surface area contributed by atoms with Gasteiger partial charge in [0.1, 0.15) is 34.4 Å². The van der Waals surface area contributed by atoms with E-state index in [-0.39, 0.29) is 108 Å². The average Bonchev–Trinajstić information content (AvgIpc) is 4.03. The van der Waals surface area contributed by atoms with Gasteiger partial charge in [-0.3, -0.25) is 38.4 Å². The van der Waals surface area contributed by atoms with Crippen LogP contribution in [0.15, 0.2) is 92.0 Å². The number of hydrogen-bond donors (Lipinski definition) is 7. The third kappa shape index (κ3) is 8.77. The first-order valence-corrected chi connectivity index (χ1v) is 23.1. The molecule has 0 aliphatic carbocycles. The Balaban J connectivity index is 0.000000176. The van der Waals surface area contributed by atoms with Gasteiger partial charge in [0.15, 0.2) is 11.5 Å². The molecule has 0 saturated carbocycles. The van der Waals surface area contributed by atoms with E-state index in [0.717, 1.165) is 6.07 Å². The fourth-order valence-electron chi connectivity index (χ4n) is 9.64. The lowest BCUT2D eigenvalue weighted by Crippen LogP contribution is -2.48. The molecule has 0 radical (unpaired) electrons. The summed E-state index contributed by atoms with van der Waals surface area (Å²) in [6, 6.07) is 16.9. The second-order valence-corrected chi connectivity index (χ2v) is 17.9. The number of benzene rings is 4. The van der Waals surface area contributed by atoms with Crippen LogP contribution in [0.3, 0.4) is 0 Å². The van der Waals surface area contributed by atoms with Crippen LogP contribution < -0.4 is 58.4 Å². The Morgan fingerprint density at radius 3 is 1.42 bits per heavy atom. The van der Waals surface area contributed by atoms with E-state index in [2.05, 4.69) is 31.9 Å². The predicted octanol–water partition coefficient (Wildman–Crippen LogP) is 5.54. The van der Waals surface area contributed by atoms with Crippen molar-refractivity contribution in [3.8, 4) is 11.5 Å². The largest absolute Gasteiger partial charge is 0.505 e. The van der Waals surface area contributed by atoms with Gasteiger partial charge in [-0.05, 0) is 74.2 Å². The van der Waals surface area contributed by atoms with Gasteiger partial charge in [0.25, 0.3) is 33.5 Å². The number of nitrogens with one attached hydrogen (secondary N) is 6. The van der Waals surface area contributed by atoms with Crippen molar-refractivity contribution >= 4 is 92.3 Å². The maximum absolute atomic E-state index is 13.8. The topological polar surface area (TPSA) is 245 Å². The Morgan fingerprint density at radius 2 is 0.958 bits per heavy atom. The van der Waals surface area contributed by atoms with Gasteiger partial charge in [0.2, 0.25) is 11.8 Å². The van der Waals surface area contributed by atoms with Crippen LogP contribution >= 0.6 is 23.2 Å². The lowest BCUT2D eigenvalue weighted by Gasteiger charge is -2.31. The third-order valence-electron chi connectivity index (χ3n) is 13.2. The van der Waals surface area contributed by atoms with Gasteiger partial charge in [-0.1, -0.05) is 47.5 Å². The van der Waals surface area contributed by atoms with Crippen LogP contribution in [-0.4, -0.2) is 83.9 Å². The van der Waals surface area contributed by atoms with Crippen molar-refractivity contribution in [1.29, 1.82) is 0 Å². The van der Waals surface area contributed by atoms with E-state index in [0.29, 0.717) is 57.5 Å². The number of halogens is 4. The van der Waals surface area contributed by atoms with Gasteiger partial charge in [-0.15, -0.1) is 0 Å². The van der Waals surface area contributed by atoms with Crippen LogP contribution in [0.25, 0.3) is 0 Å². The van der Waals surface area contributed by atoms with Crippen molar-refractivity contribution in [3.05, 3.63) is 146 Å². The van der Waals surface area contributed by atoms with Crippen molar-refractivity contribution in [2.45, 2.75) is 37.8 Å². The zero-order valence-corrected chi connectivity index (χ0v) is 38.9. The second kappa shape index (κ2) is 19.5. The molecule has 4 saturated heterocycles. The summed E-state index contributed by atoms with van der Waals surface area (Å²) in [5.41, 5.74) is -2.87. The molecule has 4 amide bonds. The molecule has 4 unspecified atom stereocenters. The van der Waals surface area contributed by atoms with Crippen molar-refractivity contribution in [3.63, 3.8) is 0 Å². The summed E-state index contributed by atoms with van der Waals surface area (Å²) in [5, 5.41) is 27.0. The number of piperidine rings is 2. The van der Waals surface area contributed by atoms with Gasteiger partial charge in [0, 0.05) is 38.3 Å². The number of ether oxygens (including phenoxy) is 1. The number of nitrogens with zero attached hydrogens (tertiary/aromatic N) is 2. The van der Waals surface area contributed by atoms with Crippen molar-refractivity contribution in [1.82, 2.24) is 20.4 Å². The number of fused-ring (bicyclic) bond motifs is 2. The minimum atomic E-state index is -0.841. The van der Waals surface area contributed by atoms with Crippen LogP contribution in [0.5, 0.6) is 11.5 Å². The lowest BCUT2D eigenvalue weighted by molar-refractivity contribution is -0.128. The fraction of sp³-hybridized carbons (Fsp3) is 0.265. The zero-order chi connectivity index (χ0) is 50.4. The average molecular weight is 1010 g/mol. The number of likely N-dealkylation sites (tertiary alicyclic amines) is 2. The molecule has 0 aromatic heterocycles. The highest BCUT2D eigenvalue weighted by Gasteiger charge is 2.45. The third-order valence-corrected chi connectivity index (χ3v) is 14.0. The second-order valence-electron chi connectivity index (χ2n) is 17.2. The van der Waals surface area contributed by atoms with Crippen molar-refractivity contribution in [2.75, 3.05) is 54.6 Å². The van der Waals surface area contributed by atoms with Crippen LogP contribution in [0.2, 0.25) is 10.0 Å². The molecule has 10 rings (SSSR count). The Kier molecular flexibility index (Phi) is 13.2. The van der Waals surface area contributed by atoms with Crippen LogP contribution in [0.1, 0.15) is 46.4 Å². The molecule has 4 fully saturated rings. The smallest absolute Gasteiger partial charge is 0.257 e. The van der Waals surface area contributed by atoms with Crippen LogP contribution in [0, 0.1) is 23.5 Å². The first-order chi connectivity index (χ1) is 34.1. The summed E-state index contributed by atoms with van der Waals surface area (Å²) in [5.74, 6) is -2.92. The van der Waals surface area contributed by atoms with E-state index >= 15 is 0 Å². The summed E-state index contributed by atoms with van der Waals surface area (Å²) in [7, 11) is 1.39. The molecule has 4 aliphatic heterocycles. The molecule has 0 bridgehead atoms. The first-order valence-electron chi connectivity index (χ1n) is 22.4. The van der Waals surface area contributed by atoms with Crippen LogP contribution in [0.4, 0.5) is 54.3 Å². The van der Waals surface area contributed by atoms with Gasteiger partial charge in [-0.2, -0.15) is 0 Å². The number of phenolic OH excluding ortho intramolecular Hbond substituents is 1. The van der Waals surface area contributed by atoms with Gasteiger partial charge >= 0.3 is 0 Å². The number of amides is 4. The molecule has 22 heteroatoms. The van der Waals surface area contributed by atoms with E-state index in [9.17, 15) is 52.2 Å². The number of para-hydroxylation sites is 2. The van der Waals surface area contributed by atoms with Gasteiger partial charge in [-0.25, -0.2) is 8.78 Å². The number of anilines is 8. The lowest BCUT2D eigenvalue weighted by atomic mass is 9.93. The first kappa shape index (κ1) is 48.2. The van der Waals surface area contributed by atoms with Gasteiger partial charge in [0.05, 0.1) is 62.9 Å². The Bertz CT molecular complexity index is 3320. The standard InChI is InChI=1S/C25H22ClFN4O5.C24H20ClFN4O5/c1-36-23-13(25(35)31-11-9-12-17(31)8-10-28-24(12)34)4-2-7-16(23)30-20-19(21(32)22(20)33)29-15-6-3-5-14(27)18(15)26;25-17-13(26)4-2-5-14(17)28-18-19(22(33)21(18)32)29-15-6-1-3-12(20(15)31)24(35)30-10-8-11-16(30)7-9-27-23(11)34/h2-7,12,17,29-30H,8-11H2,1H3,(H,28,34);1-6,11,16,28-29,31H,7-10H2,(H,27,34). The fourth-order valence-corrected chi connectivity index (χ4v) is 9.98. The number of rotatable bonds is 11. The molecular formula is C49H42Cl2F2N8O10. The Labute approximate surface area is 411 Å². The molecule has 4 heterocycles. The molecular weight excluding hydrogens is 969 g/mol. The number of methoxy groups -OCH3 is 1. The molecule has 7 N–H and O–H groups in total. The monoisotopic (exact) mass is 1010 g/mol. The summed E-state index contributed by atoms with van der Waals surface area (Å²) in [4.78, 5) is 103. The van der Waals surface area contributed by atoms with E-state index in [1.54, 1.807) is 28.0 Å². The normalized spacial score (nSPS) is 19.2. The summed E-state index contributed by atoms with van der Waals surface area (Å²) in [6.07, 6.45) is 2.43. The molecule has 0 spiro atoms. The molecule has 366 valence electrons. The van der Waals surface area contributed by atoms with Crippen LogP contribution in [-0.2, 0) is 9.59 Å². The minimum absolute atomic E-state index is 0.00279. The summed E-state index contributed by atoms with van der Waals surface area (Å²) >= 11 is 11.9. The molecule has 18 nitrogen and oxygen atoms in total. The maximum atomic E-state index is 13.8. The highest BCUT2D eigenvalue weighted by molar-refractivity contribution is 6.34. The molecule has 6 aromatic rings. The van der Waals surface area contributed by atoms with Crippen molar-refractivity contribution < 1.29 is 37.8 Å². The Morgan fingerprint density at radius 1 is 0.577 bits per heavy atom. The highest BCUT2D eigenvalue weighted by Crippen LogP contribution is 2.39. The quantitative estimate of drug-likeness (QED) is 0.0623. The minimum Gasteiger partial charge on any atom is -0.505 e. The predicted molar refractivity (Wildman–Crippen MR) is 261 cm³/mol. The molecule has 4 atom stereocenters. The zero-order valence-electron chi connectivity index (χ0n) is 37.4. The highest BCUT2D eigenvalue weighted by atomic mass is 35.5. The summed E-state index contributed by atoms with van der Waals surface area (Å²) < 4.78 is 33.1. The number of phenols is 1. The SMILES string of the molecule is COc1c(Nc2c(Nc3cccc(F)c3Cl)c(=O)c2=O)cccc1C(=O)N1CCC2C(=O)NCCC21.O=C1NCCC2C1CCN2C(=O)c1cccc(Nc2c(Nc3cccc(F)c3Cl)c(=O)c2=O)c1O. The summed E-state index contributed by atoms with van der Waals surface area (Å²) in [6.45, 7) is 1.83. The number of hydrogen-bond acceptors (Lipinski definition) is 14. The number of aromatic hydroxyl groups is 1. The van der Waals surface area contributed by atoms with E-state index in [4.69, 9.17) is 27.9 Å². The van der Waals surface area contributed by atoms with E-state index < -0.39 is 45.0 Å². The number of carbonyl (C=O) groups is 4. The molecule has 6 aromatic carbocycles. The van der Waals surface area contributed by atoms with E-state index in [1.165, 1.54) is 55.6 Å². The number of carbonyl (C=O) groups excluding carboxylic acids is 4. The van der Waals surface area contributed by atoms with Crippen molar-refractivity contribution in [2.24, 2.45) is 11.8 Å².